The Morgan fingerprint density at radius 3 is 2.48 bits per heavy atom. The van der Waals surface area contributed by atoms with E-state index in [1.165, 1.54) is 0 Å². The molecule has 0 spiro atoms. The molecule has 4 rings (SSSR count). The van der Waals surface area contributed by atoms with E-state index < -0.39 is 9.84 Å². The molecule has 2 aliphatic rings. The first-order chi connectivity index (χ1) is 13.9. The predicted molar refractivity (Wildman–Crippen MR) is 116 cm³/mol. The van der Waals surface area contributed by atoms with E-state index in [-0.39, 0.29) is 36.0 Å². The van der Waals surface area contributed by atoms with Crippen LogP contribution in [0.3, 0.4) is 0 Å². The van der Waals surface area contributed by atoms with Crippen LogP contribution in [0.25, 0.3) is 0 Å². The van der Waals surface area contributed by atoms with Crippen molar-refractivity contribution >= 4 is 37.4 Å². The van der Waals surface area contributed by atoms with E-state index in [4.69, 9.17) is 4.74 Å². The molecule has 29 heavy (non-hydrogen) atoms. The van der Waals surface area contributed by atoms with Crippen molar-refractivity contribution in [1.82, 2.24) is 4.90 Å². The molecular weight excluding hydrogens is 456 g/mol. The van der Waals surface area contributed by atoms with Crippen LogP contribution < -0.4 is 9.64 Å². The quantitative estimate of drug-likeness (QED) is 0.660. The van der Waals surface area contributed by atoms with Crippen molar-refractivity contribution < 1.29 is 17.9 Å². The van der Waals surface area contributed by atoms with Crippen LogP contribution in [0.5, 0.6) is 5.75 Å². The van der Waals surface area contributed by atoms with E-state index in [0.717, 1.165) is 21.5 Å². The van der Waals surface area contributed by atoms with Gasteiger partial charge in [0.2, 0.25) is 5.91 Å². The van der Waals surface area contributed by atoms with Gasteiger partial charge in [-0.3, -0.25) is 9.69 Å². The third kappa shape index (κ3) is 4.20. The first-order valence-corrected chi connectivity index (χ1v) is 12.1. The normalized spacial score (nSPS) is 23.8. The molecule has 0 N–H and O–H groups in total. The number of halogens is 1. The Morgan fingerprint density at radius 1 is 1.07 bits per heavy atom. The average molecular weight is 479 g/mol. The van der Waals surface area contributed by atoms with E-state index in [9.17, 15) is 13.2 Å². The minimum Gasteiger partial charge on any atom is -0.496 e. The number of amides is 1. The van der Waals surface area contributed by atoms with Gasteiger partial charge in [-0.05, 0) is 42.3 Å². The highest BCUT2D eigenvalue weighted by Gasteiger charge is 2.49. The zero-order chi connectivity index (χ0) is 20.6. The number of piperazine rings is 1. The van der Waals surface area contributed by atoms with E-state index >= 15 is 0 Å². The van der Waals surface area contributed by atoms with Gasteiger partial charge in [0.1, 0.15) is 5.75 Å². The molecule has 2 heterocycles. The van der Waals surface area contributed by atoms with Crippen molar-refractivity contribution in [3.05, 3.63) is 58.6 Å². The fraction of sp³-hybridized carbons (Fsp3) is 0.381. The molecular formula is C21H23BrN2O4S. The largest absolute Gasteiger partial charge is 0.496 e. The van der Waals surface area contributed by atoms with Crippen LogP contribution in [0.4, 0.5) is 5.69 Å². The summed E-state index contributed by atoms with van der Waals surface area (Å²) in [6, 6.07) is 14.7. The van der Waals surface area contributed by atoms with Gasteiger partial charge in [0.15, 0.2) is 9.84 Å². The van der Waals surface area contributed by atoms with Crippen LogP contribution in [0.15, 0.2) is 53.0 Å². The smallest absolute Gasteiger partial charge is 0.241 e. The fourth-order valence-corrected chi connectivity index (χ4v) is 6.56. The first-order valence-electron chi connectivity index (χ1n) is 9.52. The number of carbonyl (C=O) groups excluding carboxylic acids is 1. The number of anilines is 1. The molecule has 154 valence electrons. The van der Waals surface area contributed by atoms with Crippen LogP contribution in [-0.2, 0) is 21.1 Å². The van der Waals surface area contributed by atoms with Gasteiger partial charge < -0.3 is 9.64 Å². The van der Waals surface area contributed by atoms with E-state index in [2.05, 4.69) is 15.9 Å². The lowest BCUT2D eigenvalue weighted by Gasteiger charge is -2.43. The Kier molecular flexibility index (Phi) is 5.68. The van der Waals surface area contributed by atoms with Crippen molar-refractivity contribution in [3.8, 4) is 5.75 Å². The number of hydrogen-bond acceptors (Lipinski definition) is 5. The zero-order valence-corrected chi connectivity index (χ0v) is 18.5. The maximum absolute atomic E-state index is 13.0. The van der Waals surface area contributed by atoms with Gasteiger partial charge in [0.25, 0.3) is 0 Å². The number of rotatable bonds is 5. The minimum absolute atomic E-state index is 0.00459. The van der Waals surface area contributed by atoms with Crippen molar-refractivity contribution in [3.63, 3.8) is 0 Å². The second-order valence-corrected chi connectivity index (χ2v) is 10.6. The number of fused-ring (bicyclic) bond motifs is 1. The zero-order valence-electron chi connectivity index (χ0n) is 16.1. The second kappa shape index (κ2) is 8.08. The molecule has 2 aromatic carbocycles. The fourth-order valence-electron chi connectivity index (χ4n) is 4.31. The van der Waals surface area contributed by atoms with Crippen molar-refractivity contribution in [2.75, 3.05) is 36.6 Å². The molecule has 2 fully saturated rings. The predicted octanol–water partition coefficient (Wildman–Crippen LogP) is 2.51. The summed E-state index contributed by atoms with van der Waals surface area (Å²) in [5.74, 6) is 0.836. The highest BCUT2D eigenvalue weighted by Crippen LogP contribution is 2.32. The van der Waals surface area contributed by atoms with Crippen LogP contribution in [0.2, 0.25) is 0 Å². The van der Waals surface area contributed by atoms with E-state index in [1.807, 2.05) is 53.4 Å². The maximum Gasteiger partial charge on any atom is 0.241 e. The number of methoxy groups -OCH3 is 1. The summed E-state index contributed by atoms with van der Waals surface area (Å²) in [5, 5.41) is 0. The highest BCUT2D eigenvalue weighted by atomic mass is 79.9. The number of nitrogens with zero attached hydrogens (tertiary/aromatic N) is 2. The molecule has 8 heteroatoms. The number of benzene rings is 2. The van der Waals surface area contributed by atoms with E-state index in [0.29, 0.717) is 13.0 Å². The summed E-state index contributed by atoms with van der Waals surface area (Å²) < 4.78 is 31.3. The highest BCUT2D eigenvalue weighted by molar-refractivity contribution is 9.10. The summed E-state index contributed by atoms with van der Waals surface area (Å²) in [7, 11) is -1.56. The Labute approximate surface area is 179 Å². The molecule has 2 aromatic rings. The molecule has 0 bridgehead atoms. The van der Waals surface area contributed by atoms with Crippen molar-refractivity contribution in [1.29, 1.82) is 0 Å². The SMILES string of the molecule is COc1ccccc1CCN1CC(=O)N(c2ccc(Br)cc2)[C@H]2CS(=O)(=O)C[C@@H]21. The summed E-state index contributed by atoms with van der Waals surface area (Å²) >= 11 is 3.41. The monoisotopic (exact) mass is 478 g/mol. The van der Waals surface area contributed by atoms with Gasteiger partial charge in [0, 0.05) is 22.7 Å². The third-order valence-corrected chi connectivity index (χ3v) is 7.89. The summed E-state index contributed by atoms with van der Waals surface area (Å²) in [6.45, 7) is 0.818. The Morgan fingerprint density at radius 2 is 1.76 bits per heavy atom. The molecule has 6 nitrogen and oxygen atoms in total. The van der Waals surface area contributed by atoms with Crippen LogP contribution in [-0.4, -0.2) is 63.0 Å². The van der Waals surface area contributed by atoms with Crippen molar-refractivity contribution in [2.45, 2.75) is 18.5 Å². The maximum atomic E-state index is 13.0. The number of hydrogen-bond donors (Lipinski definition) is 0. The lowest BCUT2D eigenvalue weighted by molar-refractivity contribution is -0.123. The number of sulfone groups is 1. The Bertz CT molecular complexity index is 1010. The first kappa shape index (κ1) is 20.4. The number of carbonyl (C=O) groups is 1. The molecule has 2 aliphatic heterocycles. The van der Waals surface area contributed by atoms with E-state index in [1.54, 1.807) is 12.0 Å². The second-order valence-electron chi connectivity index (χ2n) is 7.48. The Hall–Kier alpha value is -1.90. The molecule has 2 saturated heterocycles. The van der Waals surface area contributed by atoms with Gasteiger partial charge in [-0.15, -0.1) is 0 Å². The van der Waals surface area contributed by atoms with Gasteiger partial charge >= 0.3 is 0 Å². The van der Waals surface area contributed by atoms with Gasteiger partial charge in [0.05, 0.1) is 31.2 Å². The number of ether oxygens (including phenoxy) is 1. The number of para-hydroxylation sites is 1. The molecule has 0 unspecified atom stereocenters. The summed E-state index contributed by atoms with van der Waals surface area (Å²) in [6.07, 6.45) is 0.693. The lowest BCUT2D eigenvalue weighted by Crippen LogP contribution is -2.62. The van der Waals surface area contributed by atoms with Crippen LogP contribution >= 0.6 is 15.9 Å². The van der Waals surface area contributed by atoms with Crippen LogP contribution in [0, 0.1) is 0 Å². The summed E-state index contributed by atoms with van der Waals surface area (Å²) in [4.78, 5) is 16.7. The molecule has 0 aliphatic carbocycles. The molecule has 0 aromatic heterocycles. The molecule has 1 amide bonds. The molecule has 0 radical (unpaired) electrons. The van der Waals surface area contributed by atoms with Gasteiger partial charge in [-0.25, -0.2) is 8.42 Å². The van der Waals surface area contributed by atoms with Gasteiger partial charge in [-0.1, -0.05) is 34.1 Å². The van der Waals surface area contributed by atoms with Crippen molar-refractivity contribution in [2.24, 2.45) is 0 Å². The molecule has 2 atom stereocenters. The average Bonchev–Trinajstić information content (AvgIpc) is 3.02. The van der Waals surface area contributed by atoms with Crippen LogP contribution in [0.1, 0.15) is 5.56 Å². The standard InChI is InChI=1S/C21H23BrN2O4S/c1-28-20-5-3-2-4-15(20)10-11-23-12-21(25)24(17-8-6-16(22)7-9-17)19-14-29(26,27)13-18(19)23/h2-9,18-19H,10-14H2,1H3/t18-,19-/m0/s1. The minimum atomic E-state index is -3.20. The third-order valence-electron chi connectivity index (χ3n) is 5.67. The Balaban J connectivity index is 1.58. The van der Waals surface area contributed by atoms with Gasteiger partial charge in [-0.2, -0.15) is 0 Å². The topological polar surface area (TPSA) is 66.9 Å². The lowest BCUT2D eigenvalue weighted by atomic mass is 10.0. The summed E-state index contributed by atoms with van der Waals surface area (Å²) in [5.41, 5.74) is 1.80. The molecule has 0 saturated carbocycles.